The highest BCUT2D eigenvalue weighted by Crippen LogP contribution is 2.65. The number of cyclic esters (lactones) is 1. The maximum Gasteiger partial charge on any atom is 0.414 e. The lowest BCUT2D eigenvalue weighted by atomic mass is 9.42. The second-order valence-corrected chi connectivity index (χ2v) is 12.2. The van der Waals surface area contributed by atoms with Crippen molar-refractivity contribution in [1.82, 2.24) is 5.32 Å². The lowest BCUT2D eigenvalue weighted by Crippen LogP contribution is -2.66. The standard InChI is InChI=1S/C30H35NO9/c1-28(12-13-38-16-28)21-15-30(3)18(26(35)40-21)10-11-29(2)19(25(34)37-4)14-20(22(32)23(29)30)39-27(36)31-24(33)17-8-6-5-7-9-17/h5-9,12-13,18-21,23H,10-11,14-16H2,1-4H3,(H,31,33,36)/t18-,19-,20-,21-,23-,28?,29-,30-/m0/s1. The van der Waals surface area contributed by atoms with Gasteiger partial charge in [0, 0.05) is 17.9 Å². The van der Waals surface area contributed by atoms with Crippen LogP contribution in [-0.4, -0.2) is 55.6 Å². The summed E-state index contributed by atoms with van der Waals surface area (Å²) in [6.07, 6.45) is 1.71. The first-order chi connectivity index (χ1) is 18.9. The van der Waals surface area contributed by atoms with Gasteiger partial charge in [-0.3, -0.25) is 24.5 Å². The van der Waals surface area contributed by atoms with E-state index in [1.54, 1.807) is 36.6 Å². The molecule has 214 valence electrons. The van der Waals surface area contributed by atoms with E-state index in [2.05, 4.69) is 5.32 Å². The van der Waals surface area contributed by atoms with Gasteiger partial charge in [-0.2, -0.15) is 0 Å². The summed E-state index contributed by atoms with van der Waals surface area (Å²) in [5, 5.41) is 2.16. The van der Waals surface area contributed by atoms with E-state index in [0.29, 0.717) is 25.9 Å². The summed E-state index contributed by atoms with van der Waals surface area (Å²) in [6.45, 7) is 6.08. The van der Waals surface area contributed by atoms with Crippen molar-refractivity contribution in [1.29, 1.82) is 0 Å². The molecule has 5 rings (SSSR count). The van der Waals surface area contributed by atoms with Crippen LogP contribution in [0.15, 0.2) is 42.7 Å². The van der Waals surface area contributed by atoms with Crippen LogP contribution in [0.1, 0.15) is 56.8 Å². The Hall–Kier alpha value is -3.69. The predicted octanol–water partition coefficient (Wildman–Crippen LogP) is 3.59. The van der Waals surface area contributed by atoms with E-state index in [1.165, 1.54) is 7.11 Å². The number of methoxy groups -OCH3 is 1. The van der Waals surface area contributed by atoms with Crippen LogP contribution < -0.4 is 5.32 Å². The van der Waals surface area contributed by atoms with Crippen LogP contribution in [0.2, 0.25) is 0 Å². The van der Waals surface area contributed by atoms with Crippen LogP contribution in [0.5, 0.6) is 0 Å². The number of ketones is 1. The number of benzene rings is 1. The zero-order chi connectivity index (χ0) is 28.9. The zero-order valence-electron chi connectivity index (χ0n) is 23.1. The number of alkyl carbamates (subject to hydrolysis) is 1. The van der Waals surface area contributed by atoms with Crippen molar-refractivity contribution in [3.8, 4) is 0 Å². The number of hydrogen-bond acceptors (Lipinski definition) is 9. The molecule has 10 heteroatoms. The van der Waals surface area contributed by atoms with Gasteiger partial charge in [0.1, 0.15) is 6.10 Å². The Labute approximate surface area is 232 Å². The molecular formula is C30H35NO9. The van der Waals surface area contributed by atoms with E-state index in [1.807, 2.05) is 26.8 Å². The van der Waals surface area contributed by atoms with Crippen LogP contribution in [-0.2, 0) is 33.3 Å². The molecule has 40 heavy (non-hydrogen) atoms. The van der Waals surface area contributed by atoms with Crippen LogP contribution in [0.25, 0.3) is 0 Å². The Bertz CT molecular complexity index is 1260. The van der Waals surface area contributed by atoms with Crippen molar-refractivity contribution >= 4 is 29.7 Å². The van der Waals surface area contributed by atoms with Crippen LogP contribution >= 0.6 is 0 Å². The second-order valence-electron chi connectivity index (χ2n) is 12.2. The number of ether oxygens (including phenoxy) is 4. The normalized spacial score (nSPS) is 38.2. The van der Waals surface area contributed by atoms with Crippen LogP contribution in [0.3, 0.4) is 0 Å². The molecule has 0 spiro atoms. The highest BCUT2D eigenvalue weighted by Gasteiger charge is 2.68. The Morgan fingerprint density at radius 3 is 2.42 bits per heavy atom. The molecule has 2 aliphatic heterocycles. The molecule has 0 radical (unpaired) electrons. The lowest BCUT2D eigenvalue weighted by Gasteiger charge is -2.61. The molecule has 2 amide bonds. The Kier molecular flexibility index (Phi) is 7.00. The van der Waals surface area contributed by atoms with E-state index in [9.17, 15) is 24.0 Å². The SMILES string of the molecule is COC(=O)[C@@H]1C[C@H](OC(=O)NC(=O)c2ccccc2)C(=O)[C@H]2[C@@]1(C)CC[C@H]1C(=O)O[C@H](C3(C)C=COC3)C[C@]21C. The average Bonchev–Trinajstić information content (AvgIpc) is 3.37. The summed E-state index contributed by atoms with van der Waals surface area (Å²) in [7, 11) is 1.28. The van der Waals surface area contributed by atoms with Gasteiger partial charge in [0.05, 0.1) is 37.2 Å². The number of amides is 2. The molecule has 1 aromatic rings. The van der Waals surface area contributed by atoms with Crippen LogP contribution in [0, 0.1) is 34.0 Å². The van der Waals surface area contributed by atoms with Gasteiger partial charge in [-0.25, -0.2) is 4.79 Å². The first kappa shape index (κ1) is 27.9. The van der Waals surface area contributed by atoms with Crippen molar-refractivity contribution in [3.63, 3.8) is 0 Å². The number of carbonyl (C=O) groups excluding carboxylic acids is 5. The number of nitrogens with one attached hydrogen (secondary N) is 1. The number of rotatable bonds is 4. The number of Topliss-reactive ketones (excluding diaryl/α,β-unsaturated/α-hetero) is 1. The minimum absolute atomic E-state index is 0.0750. The molecule has 1 saturated heterocycles. The van der Waals surface area contributed by atoms with Gasteiger partial charge in [0.25, 0.3) is 5.91 Å². The number of imide groups is 1. The van der Waals surface area contributed by atoms with E-state index in [4.69, 9.17) is 18.9 Å². The number of hydrogen-bond donors (Lipinski definition) is 1. The largest absolute Gasteiger partial charge is 0.500 e. The van der Waals surface area contributed by atoms with Crippen LogP contribution in [0.4, 0.5) is 4.79 Å². The van der Waals surface area contributed by atoms with Crippen molar-refractivity contribution in [3.05, 3.63) is 48.2 Å². The van der Waals surface area contributed by atoms with Gasteiger partial charge in [-0.05, 0) is 55.2 Å². The first-order valence-electron chi connectivity index (χ1n) is 13.6. The third-order valence-corrected chi connectivity index (χ3v) is 9.76. The predicted molar refractivity (Wildman–Crippen MR) is 139 cm³/mol. The monoisotopic (exact) mass is 553 g/mol. The van der Waals surface area contributed by atoms with Crippen molar-refractivity contribution < 1.29 is 42.9 Å². The quantitative estimate of drug-likeness (QED) is 0.438. The summed E-state index contributed by atoms with van der Waals surface area (Å²) in [4.78, 5) is 66.1. The van der Waals surface area contributed by atoms with Gasteiger partial charge in [0.2, 0.25) is 0 Å². The minimum Gasteiger partial charge on any atom is -0.500 e. The smallest absolute Gasteiger partial charge is 0.414 e. The molecule has 8 atom stereocenters. The highest BCUT2D eigenvalue weighted by atomic mass is 16.6. The van der Waals surface area contributed by atoms with Gasteiger partial charge in [0.15, 0.2) is 11.9 Å². The van der Waals surface area contributed by atoms with Crippen molar-refractivity contribution in [2.75, 3.05) is 13.7 Å². The molecule has 2 saturated carbocycles. The minimum atomic E-state index is -1.30. The Morgan fingerprint density at radius 1 is 1.05 bits per heavy atom. The Morgan fingerprint density at radius 2 is 1.77 bits per heavy atom. The average molecular weight is 554 g/mol. The summed E-state index contributed by atoms with van der Waals surface area (Å²) >= 11 is 0. The van der Waals surface area contributed by atoms with Gasteiger partial charge < -0.3 is 18.9 Å². The molecule has 2 aliphatic carbocycles. The molecule has 1 unspecified atom stereocenters. The fraction of sp³-hybridized carbons (Fsp3) is 0.567. The molecule has 0 aromatic heterocycles. The molecule has 1 N–H and O–H groups in total. The fourth-order valence-electron chi connectivity index (χ4n) is 7.58. The van der Waals surface area contributed by atoms with E-state index in [0.717, 1.165) is 0 Å². The molecular weight excluding hydrogens is 518 g/mol. The molecule has 3 fully saturated rings. The first-order valence-corrected chi connectivity index (χ1v) is 13.6. The lowest BCUT2D eigenvalue weighted by molar-refractivity contribution is -0.214. The van der Waals surface area contributed by atoms with Gasteiger partial charge >= 0.3 is 18.0 Å². The summed E-state index contributed by atoms with van der Waals surface area (Å²) in [5.41, 5.74) is -2.03. The third kappa shape index (κ3) is 4.47. The van der Waals surface area contributed by atoms with E-state index in [-0.39, 0.29) is 23.7 Å². The molecule has 10 nitrogen and oxygen atoms in total. The summed E-state index contributed by atoms with van der Waals surface area (Å²) in [5.74, 6) is -4.05. The maximum absolute atomic E-state index is 14.3. The molecule has 1 aromatic carbocycles. The third-order valence-electron chi connectivity index (χ3n) is 9.76. The Balaban J connectivity index is 1.46. The number of fused-ring (bicyclic) bond motifs is 3. The number of carbonyl (C=O) groups is 5. The van der Waals surface area contributed by atoms with Crippen molar-refractivity contribution in [2.45, 2.75) is 58.7 Å². The second kappa shape index (κ2) is 10.1. The fourth-order valence-corrected chi connectivity index (χ4v) is 7.58. The number of esters is 2. The van der Waals surface area contributed by atoms with Crippen molar-refractivity contribution in [2.24, 2.45) is 34.0 Å². The summed E-state index contributed by atoms with van der Waals surface area (Å²) < 4.78 is 22.1. The van der Waals surface area contributed by atoms with Gasteiger partial charge in [-0.1, -0.05) is 32.0 Å². The van der Waals surface area contributed by atoms with E-state index >= 15 is 0 Å². The molecule has 4 aliphatic rings. The topological polar surface area (TPSA) is 134 Å². The maximum atomic E-state index is 14.3. The molecule has 2 heterocycles. The zero-order valence-corrected chi connectivity index (χ0v) is 23.1. The molecule has 0 bridgehead atoms. The summed E-state index contributed by atoms with van der Waals surface area (Å²) in [6, 6.07) is 8.13. The van der Waals surface area contributed by atoms with Gasteiger partial charge in [-0.15, -0.1) is 0 Å². The van der Waals surface area contributed by atoms with E-state index < -0.39 is 64.2 Å². The highest BCUT2D eigenvalue weighted by molar-refractivity contribution is 6.03.